The molecule has 1 aromatic carbocycles. The minimum atomic E-state index is -0.0915. The molecule has 8 nitrogen and oxygen atoms in total. The number of rotatable bonds is 7. The number of carbonyl (C=O) groups is 1. The van der Waals surface area contributed by atoms with E-state index in [4.69, 9.17) is 4.74 Å². The third-order valence-corrected chi connectivity index (χ3v) is 4.97. The molecule has 4 rings (SSSR count). The summed E-state index contributed by atoms with van der Waals surface area (Å²) in [6, 6.07) is 9.06. The van der Waals surface area contributed by atoms with Gasteiger partial charge in [-0.1, -0.05) is 12.1 Å². The van der Waals surface area contributed by atoms with Crippen LogP contribution < -0.4 is 10.9 Å². The van der Waals surface area contributed by atoms with E-state index < -0.39 is 0 Å². The number of ether oxygens (including phenoxy) is 1. The van der Waals surface area contributed by atoms with Crippen LogP contribution in [0.25, 0.3) is 10.9 Å². The maximum Gasteiger partial charge on any atom is 0.261 e. The van der Waals surface area contributed by atoms with Gasteiger partial charge < -0.3 is 10.1 Å². The second-order valence-corrected chi connectivity index (χ2v) is 7.04. The Morgan fingerprint density at radius 2 is 2.18 bits per heavy atom. The van der Waals surface area contributed by atoms with Crippen LogP contribution in [0.5, 0.6) is 0 Å². The highest BCUT2D eigenvalue weighted by molar-refractivity contribution is 5.89. The van der Waals surface area contributed by atoms with Crippen molar-refractivity contribution < 1.29 is 9.53 Å². The zero-order valence-corrected chi connectivity index (χ0v) is 15.6. The summed E-state index contributed by atoms with van der Waals surface area (Å²) in [6.07, 6.45) is 5.11. The molecule has 0 radical (unpaired) electrons. The first-order chi connectivity index (χ1) is 13.7. The molecule has 0 unspecified atom stereocenters. The van der Waals surface area contributed by atoms with Crippen molar-refractivity contribution >= 4 is 22.6 Å². The van der Waals surface area contributed by atoms with E-state index in [9.17, 15) is 9.59 Å². The summed E-state index contributed by atoms with van der Waals surface area (Å²) < 4.78 is 8.77. The lowest BCUT2D eigenvalue weighted by atomic mass is 10.1. The lowest BCUT2D eigenvalue weighted by Crippen LogP contribution is -2.22. The summed E-state index contributed by atoms with van der Waals surface area (Å²) in [6.45, 7) is 2.71. The van der Waals surface area contributed by atoms with Gasteiger partial charge in [0.25, 0.3) is 5.56 Å². The van der Waals surface area contributed by atoms with Gasteiger partial charge in [-0.25, -0.2) is 9.67 Å². The number of carbonyl (C=O) groups excluding carboxylic acids is 1. The molecule has 1 atom stereocenters. The molecule has 1 aliphatic heterocycles. The van der Waals surface area contributed by atoms with Crippen LogP contribution in [-0.2, 0) is 22.6 Å². The summed E-state index contributed by atoms with van der Waals surface area (Å²) in [7, 11) is 0. The molecular formula is C20H23N5O3. The van der Waals surface area contributed by atoms with Crippen LogP contribution in [-0.4, -0.2) is 38.5 Å². The van der Waals surface area contributed by atoms with E-state index in [1.807, 2.05) is 22.9 Å². The van der Waals surface area contributed by atoms with Crippen LogP contribution >= 0.6 is 0 Å². The predicted molar refractivity (Wildman–Crippen MR) is 105 cm³/mol. The van der Waals surface area contributed by atoms with E-state index in [1.165, 1.54) is 0 Å². The SMILES string of the molecule is O=C(CCCn1cnc2ccccc2c1=O)Nc1ccnn1C[C@H]1CCOC1. The number of anilines is 1. The van der Waals surface area contributed by atoms with Gasteiger partial charge in [0.1, 0.15) is 5.82 Å². The molecule has 0 saturated carbocycles. The zero-order chi connectivity index (χ0) is 19.3. The normalized spacial score (nSPS) is 16.5. The largest absolute Gasteiger partial charge is 0.381 e. The molecule has 0 spiro atoms. The first-order valence-electron chi connectivity index (χ1n) is 9.54. The van der Waals surface area contributed by atoms with Gasteiger partial charge in [0.05, 0.1) is 30.0 Å². The molecule has 1 saturated heterocycles. The molecule has 1 amide bonds. The molecule has 1 fully saturated rings. The number of nitrogens with zero attached hydrogens (tertiary/aromatic N) is 4. The van der Waals surface area contributed by atoms with Crippen molar-refractivity contribution in [3.8, 4) is 0 Å². The number of aromatic nitrogens is 4. The Balaban J connectivity index is 1.31. The number of benzene rings is 1. The van der Waals surface area contributed by atoms with Gasteiger partial charge in [0, 0.05) is 38.1 Å². The number of amides is 1. The highest BCUT2D eigenvalue weighted by Crippen LogP contribution is 2.17. The van der Waals surface area contributed by atoms with Gasteiger partial charge >= 0.3 is 0 Å². The Morgan fingerprint density at radius 3 is 3.04 bits per heavy atom. The third kappa shape index (κ3) is 4.12. The summed E-state index contributed by atoms with van der Waals surface area (Å²) in [5.41, 5.74) is 0.602. The molecule has 1 aliphatic rings. The first-order valence-corrected chi connectivity index (χ1v) is 9.54. The molecule has 3 aromatic rings. The molecule has 0 bridgehead atoms. The second-order valence-electron chi connectivity index (χ2n) is 7.04. The average molecular weight is 381 g/mol. The molecule has 1 N–H and O–H groups in total. The quantitative estimate of drug-likeness (QED) is 0.676. The van der Waals surface area contributed by atoms with Crippen LogP contribution in [0, 0.1) is 5.92 Å². The minimum Gasteiger partial charge on any atom is -0.381 e. The predicted octanol–water partition coefficient (Wildman–Crippen LogP) is 2.05. The van der Waals surface area contributed by atoms with Crippen molar-refractivity contribution in [1.82, 2.24) is 19.3 Å². The number of fused-ring (bicyclic) bond motifs is 1. The van der Waals surface area contributed by atoms with Crippen molar-refractivity contribution in [2.45, 2.75) is 32.4 Å². The number of nitrogens with one attached hydrogen (secondary N) is 1. The van der Waals surface area contributed by atoms with Crippen molar-refractivity contribution in [3.05, 3.63) is 53.2 Å². The fourth-order valence-corrected chi connectivity index (χ4v) is 3.44. The minimum absolute atomic E-state index is 0.0807. The summed E-state index contributed by atoms with van der Waals surface area (Å²) in [5, 5.41) is 7.80. The maximum absolute atomic E-state index is 12.5. The van der Waals surface area contributed by atoms with Crippen LogP contribution in [0.3, 0.4) is 0 Å². The van der Waals surface area contributed by atoms with E-state index in [-0.39, 0.29) is 11.5 Å². The zero-order valence-electron chi connectivity index (χ0n) is 15.6. The summed E-state index contributed by atoms with van der Waals surface area (Å²) >= 11 is 0. The molecule has 2 aromatic heterocycles. The number of hydrogen-bond acceptors (Lipinski definition) is 5. The average Bonchev–Trinajstić information content (AvgIpc) is 3.37. The first kappa shape index (κ1) is 18.4. The molecule has 0 aliphatic carbocycles. The van der Waals surface area contributed by atoms with E-state index in [0.717, 1.165) is 26.2 Å². The van der Waals surface area contributed by atoms with E-state index in [2.05, 4.69) is 15.4 Å². The Kier molecular flexibility index (Phi) is 5.48. The van der Waals surface area contributed by atoms with Crippen molar-refractivity contribution in [3.63, 3.8) is 0 Å². The van der Waals surface area contributed by atoms with E-state index >= 15 is 0 Å². The Hall–Kier alpha value is -3.00. The van der Waals surface area contributed by atoms with Crippen molar-refractivity contribution in [2.24, 2.45) is 5.92 Å². The fourth-order valence-electron chi connectivity index (χ4n) is 3.44. The van der Waals surface area contributed by atoms with Crippen LogP contribution in [0.2, 0.25) is 0 Å². The lowest BCUT2D eigenvalue weighted by molar-refractivity contribution is -0.116. The molecule has 28 heavy (non-hydrogen) atoms. The molecule has 146 valence electrons. The van der Waals surface area contributed by atoms with Gasteiger partial charge in [0.2, 0.25) is 5.91 Å². The van der Waals surface area contributed by atoms with E-state index in [0.29, 0.717) is 42.0 Å². The Bertz CT molecular complexity index is 1020. The molecule has 8 heteroatoms. The highest BCUT2D eigenvalue weighted by atomic mass is 16.5. The third-order valence-electron chi connectivity index (χ3n) is 4.97. The smallest absolute Gasteiger partial charge is 0.261 e. The number of aryl methyl sites for hydroxylation is 1. The van der Waals surface area contributed by atoms with Crippen LogP contribution in [0.15, 0.2) is 47.7 Å². The van der Waals surface area contributed by atoms with Gasteiger partial charge in [0.15, 0.2) is 0 Å². The van der Waals surface area contributed by atoms with Gasteiger partial charge in [-0.15, -0.1) is 0 Å². The highest BCUT2D eigenvalue weighted by Gasteiger charge is 2.18. The van der Waals surface area contributed by atoms with Crippen LogP contribution in [0.1, 0.15) is 19.3 Å². The standard InChI is InChI=1S/C20H23N5O3/c26-19(23-18-7-9-22-25(18)12-15-8-11-28-13-15)6-3-10-24-14-21-17-5-2-1-4-16(17)20(24)27/h1-2,4-5,7,9,14-15H,3,6,8,10-13H2,(H,23,26)/t15-/m1/s1. The van der Waals surface area contributed by atoms with Crippen molar-refractivity contribution in [1.29, 1.82) is 0 Å². The van der Waals surface area contributed by atoms with Crippen molar-refractivity contribution in [2.75, 3.05) is 18.5 Å². The van der Waals surface area contributed by atoms with Gasteiger partial charge in [-0.05, 0) is 25.0 Å². The lowest BCUT2D eigenvalue weighted by Gasteiger charge is -2.12. The Morgan fingerprint density at radius 1 is 1.29 bits per heavy atom. The maximum atomic E-state index is 12.5. The monoisotopic (exact) mass is 381 g/mol. The fraction of sp³-hybridized carbons (Fsp3) is 0.400. The molecule has 3 heterocycles. The topological polar surface area (TPSA) is 91.0 Å². The second kappa shape index (κ2) is 8.35. The van der Waals surface area contributed by atoms with Crippen LogP contribution in [0.4, 0.5) is 5.82 Å². The van der Waals surface area contributed by atoms with Gasteiger partial charge in [-0.2, -0.15) is 5.10 Å². The summed E-state index contributed by atoms with van der Waals surface area (Å²) in [5.74, 6) is 1.04. The number of hydrogen-bond donors (Lipinski definition) is 1. The van der Waals surface area contributed by atoms with Gasteiger partial charge in [-0.3, -0.25) is 14.2 Å². The number of para-hydroxylation sites is 1. The summed E-state index contributed by atoms with van der Waals surface area (Å²) in [4.78, 5) is 29.1. The molecular weight excluding hydrogens is 358 g/mol. The Labute approximate surface area is 162 Å². The van der Waals surface area contributed by atoms with E-state index in [1.54, 1.807) is 29.2 Å².